The highest BCUT2D eigenvalue weighted by atomic mass is 32.2. The Bertz CT molecular complexity index is 540. The molecule has 0 fully saturated rings. The van der Waals surface area contributed by atoms with E-state index in [9.17, 15) is 0 Å². The molecule has 0 spiro atoms. The summed E-state index contributed by atoms with van der Waals surface area (Å²) in [5.41, 5.74) is 1.35. The molecule has 2 aromatic rings. The van der Waals surface area contributed by atoms with Gasteiger partial charge in [-0.2, -0.15) is 0 Å². The largest absolute Gasteiger partial charge is 0.153 e. The van der Waals surface area contributed by atoms with E-state index in [0.29, 0.717) is 5.25 Å². The third-order valence-electron chi connectivity index (χ3n) is 2.94. The SMILES string of the molecule is CC(/C=C\C=C/Cc1ccccc1)[SH+]c1ccccc1. The van der Waals surface area contributed by atoms with Gasteiger partial charge in [-0.1, -0.05) is 66.8 Å². The molecule has 1 heteroatoms. The van der Waals surface area contributed by atoms with E-state index in [2.05, 4.69) is 91.9 Å². The van der Waals surface area contributed by atoms with Gasteiger partial charge in [0.05, 0.1) is 0 Å². The Labute approximate surface area is 126 Å². The standard InChI is InChI=1S/C19H20S/c1-17(20-19-15-9-4-10-16-19)11-5-2-6-12-18-13-7-3-8-14-18/h2-11,13-17H,12H2,1H3/p+1/b6-2-,11-5-. The van der Waals surface area contributed by atoms with Crippen LogP contribution in [0.15, 0.2) is 89.9 Å². The second-order valence-corrected chi connectivity index (χ2v) is 6.30. The third-order valence-corrected chi connectivity index (χ3v) is 4.12. The van der Waals surface area contributed by atoms with Crippen molar-refractivity contribution in [3.8, 4) is 0 Å². The minimum Gasteiger partial charge on any atom is -0.0801 e. The Kier molecular flexibility index (Phi) is 6.19. The molecule has 0 saturated carbocycles. The van der Waals surface area contributed by atoms with Crippen molar-refractivity contribution < 1.29 is 0 Å². The summed E-state index contributed by atoms with van der Waals surface area (Å²) in [4.78, 5) is 1.37. The lowest BCUT2D eigenvalue weighted by Gasteiger charge is -1.96. The van der Waals surface area contributed by atoms with Crippen molar-refractivity contribution in [3.05, 3.63) is 90.5 Å². The van der Waals surface area contributed by atoms with E-state index in [4.69, 9.17) is 0 Å². The molecule has 0 bridgehead atoms. The first-order chi connectivity index (χ1) is 9.84. The molecule has 0 N–H and O–H groups in total. The van der Waals surface area contributed by atoms with Gasteiger partial charge in [-0.15, -0.1) is 0 Å². The van der Waals surface area contributed by atoms with E-state index < -0.39 is 0 Å². The average Bonchev–Trinajstić information content (AvgIpc) is 2.49. The first kappa shape index (κ1) is 14.7. The second-order valence-electron chi connectivity index (χ2n) is 4.71. The molecule has 1 unspecified atom stereocenters. The van der Waals surface area contributed by atoms with E-state index in [1.807, 2.05) is 0 Å². The highest BCUT2D eigenvalue weighted by Crippen LogP contribution is 2.07. The van der Waals surface area contributed by atoms with Gasteiger partial charge in [-0.25, -0.2) is 0 Å². The fraction of sp³-hybridized carbons (Fsp3) is 0.158. The van der Waals surface area contributed by atoms with E-state index >= 15 is 0 Å². The van der Waals surface area contributed by atoms with Crippen LogP contribution in [0.5, 0.6) is 0 Å². The van der Waals surface area contributed by atoms with Crippen LogP contribution < -0.4 is 0 Å². The van der Waals surface area contributed by atoms with Crippen molar-refractivity contribution in [2.24, 2.45) is 0 Å². The number of allylic oxidation sites excluding steroid dienone is 3. The lowest BCUT2D eigenvalue weighted by Crippen LogP contribution is -1.99. The minimum absolute atomic E-state index is 0.541. The van der Waals surface area contributed by atoms with E-state index in [1.165, 1.54) is 22.2 Å². The summed E-state index contributed by atoms with van der Waals surface area (Å²) in [7, 11) is 0. The summed E-state index contributed by atoms with van der Waals surface area (Å²) >= 11 is 1.36. The van der Waals surface area contributed by atoms with Gasteiger partial charge in [-0.3, -0.25) is 0 Å². The summed E-state index contributed by atoms with van der Waals surface area (Å²) in [5.74, 6) is 0. The molecule has 0 nitrogen and oxygen atoms in total. The summed E-state index contributed by atoms with van der Waals surface area (Å²) in [5, 5.41) is 0.541. The maximum absolute atomic E-state index is 2.26. The number of rotatable bonds is 6. The van der Waals surface area contributed by atoms with Crippen molar-refractivity contribution in [2.45, 2.75) is 23.5 Å². The highest BCUT2D eigenvalue weighted by molar-refractivity contribution is 7.79. The van der Waals surface area contributed by atoms with Gasteiger partial charge < -0.3 is 0 Å². The first-order valence-electron chi connectivity index (χ1n) is 6.98. The van der Waals surface area contributed by atoms with Crippen molar-refractivity contribution in [2.75, 3.05) is 0 Å². The second kappa shape index (κ2) is 8.44. The lowest BCUT2D eigenvalue weighted by molar-refractivity contribution is 1.23. The fourth-order valence-corrected chi connectivity index (χ4v) is 2.91. The molecule has 0 aliphatic carbocycles. The van der Waals surface area contributed by atoms with E-state index in [-0.39, 0.29) is 0 Å². The molecule has 0 aromatic heterocycles. The zero-order valence-corrected chi connectivity index (χ0v) is 12.7. The highest BCUT2D eigenvalue weighted by Gasteiger charge is 2.07. The van der Waals surface area contributed by atoms with Crippen LogP contribution in [0.25, 0.3) is 0 Å². The molecule has 102 valence electrons. The first-order valence-corrected chi connectivity index (χ1v) is 7.94. The van der Waals surface area contributed by atoms with Crippen LogP contribution in [0.2, 0.25) is 0 Å². The summed E-state index contributed by atoms with van der Waals surface area (Å²) in [6.45, 7) is 2.25. The topological polar surface area (TPSA) is 0 Å². The molecule has 0 saturated heterocycles. The predicted molar refractivity (Wildman–Crippen MR) is 91.4 cm³/mol. The van der Waals surface area contributed by atoms with Crippen molar-refractivity contribution in [1.82, 2.24) is 0 Å². The maximum atomic E-state index is 2.26. The predicted octanol–water partition coefficient (Wildman–Crippen LogP) is 4.60. The number of thiol groups is 1. The van der Waals surface area contributed by atoms with Gasteiger partial charge in [0.15, 0.2) is 4.90 Å². The molecule has 1 atom stereocenters. The molecule has 2 rings (SSSR count). The average molecular weight is 281 g/mol. The smallest absolute Gasteiger partial charge is 0.0801 e. The van der Waals surface area contributed by atoms with E-state index in [1.54, 1.807) is 0 Å². The van der Waals surface area contributed by atoms with Crippen LogP contribution in [0.4, 0.5) is 0 Å². The van der Waals surface area contributed by atoms with Crippen molar-refractivity contribution in [3.63, 3.8) is 0 Å². The van der Waals surface area contributed by atoms with Crippen LogP contribution in [0.3, 0.4) is 0 Å². The molecule has 0 aliphatic heterocycles. The molecule has 0 heterocycles. The Morgan fingerprint density at radius 2 is 1.55 bits per heavy atom. The molecule has 0 amide bonds. The Morgan fingerprint density at radius 3 is 2.25 bits per heavy atom. The molecular weight excluding hydrogens is 260 g/mol. The van der Waals surface area contributed by atoms with Gasteiger partial charge in [0, 0.05) is 11.8 Å². The maximum Gasteiger partial charge on any atom is 0.153 e. The Morgan fingerprint density at radius 1 is 0.900 bits per heavy atom. The molecule has 2 aromatic carbocycles. The minimum atomic E-state index is 0.541. The van der Waals surface area contributed by atoms with Crippen LogP contribution in [0.1, 0.15) is 12.5 Å². The lowest BCUT2D eigenvalue weighted by atomic mass is 10.1. The quantitative estimate of drug-likeness (QED) is 0.412. The molecule has 0 radical (unpaired) electrons. The zero-order valence-electron chi connectivity index (χ0n) is 11.8. The van der Waals surface area contributed by atoms with Crippen LogP contribution in [-0.4, -0.2) is 5.25 Å². The van der Waals surface area contributed by atoms with Gasteiger partial charge in [-0.05, 0) is 37.1 Å². The number of hydrogen-bond acceptors (Lipinski definition) is 0. The van der Waals surface area contributed by atoms with Crippen molar-refractivity contribution >= 4 is 11.8 Å². The number of hydrogen-bond donors (Lipinski definition) is 0. The van der Waals surface area contributed by atoms with Crippen LogP contribution in [-0.2, 0) is 18.2 Å². The summed E-state index contributed by atoms with van der Waals surface area (Å²) in [6, 6.07) is 21.1. The van der Waals surface area contributed by atoms with Crippen LogP contribution >= 0.6 is 0 Å². The van der Waals surface area contributed by atoms with E-state index in [0.717, 1.165) is 6.42 Å². The Hall–Kier alpha value is -1.73. The van der Waals surface area contributed by atoms with Gasteiger partial charge in [0.1, 0.15) is 5.25 Å². The number of benzene rings is 2. The molecular formula is C19H21S+. The van der Waals surface area contributed by atoms with Gasteiger partial charge in [0.2, 0.25) is 0 Å². The molecule has 20 heavy (non-hydrogen) atoms. The van der Waals surface area contributed by atoms with Crippen molar-refractivity contribution in [1.29, 1.82) is 0 Å². The van der Waals surface area contributed by atoms with Gasteiger partial charge >= 0.3 is 0 Å². The normalized spacial score (nSPS) is 13.1. The van der Waals surface area contributed by atoms with Crippen LogP contribution in [0, 0.1) is 0 Å². The third kappa shape index (κ3) is 5.50. The fourth-order valence-electron chi connectivity index (χ4n) is 1.91. The summed E-state index contributed by atoms with van der Waals surface area (Å²) < 4.78 is 0. The molecule has 0 aliphatic rings. The van der Waals surface area contributed by atoms with Gasteiger partial charge in [0.25, 0.3) is 0 Å². The Balaban J connectivity index is 1.75. The monoisotopic (exact) mass is 281 g/mol. The summed E-state index contributed by atoms with van der Waals surface area (Å²) in [6.07, 6.45) is 9.76. The zero-order chi connectivity index (χ0) is 14.0.